The van der Waals surface area contributed by atoms with E-state index in [1.807, 2.05) is 42.8 Å². The number of aryl methyl sites for hydroxylation is 1. The number of carbonyl (C=O) groups excluding carboxylic acids is 1. The molecular weight excluding hydrogens is 317 g/mol. The van der Waals surface area contributed by atoms with Crippen molar-refractivity contribution in [3.8, 4) is 0 Å². The quantitative estimate of drug-likeness (QED) is 0.471. The lowest BCUT2D eigenvalue weighted by Gasteiger charge is -1.97. The van der Waals surface area contributed by atoms with Gasteiger partial charge >= 0.3 is 0 Å². The lowest BCUT2D eigenvalue weighted by molar-refractivity contribution is -0.652. The Labute approximate surface area is 111 Å². The molecule has 0 radical (unpaired) electrons. The Morgan fingerprint density at radius 3 is 2.62 bits per heavy atom. The van der Waals surface area contributed by atoms with Gasteiger partial charge in [-0.3, -0.25) is 4.79 Å². The molecule has 1 heterocycles. The summed E-state index contributed by atoms with van der Waals surface area (Å²) in [5, 5.41) is 0. The number of amides is 1. The first kappa shape index (κ1) is 13.0. The number of fused-ring (bicyclic) bond motifs is 1. The van der Waals surface area contributed by atoms with Gasteiger partial charge in [0.25, 0.3) is 11.7 Å². The molecule has 1 amide bonds. The molecule has 0 saturated carbocycles. The van der Waals surface area contributed by atoms with E-state index >= 15 is 0 Å². The standard InChI is InChI=1S/C11H13N3O.HI/c1-8(15)12-14-9(2)13(3)10-6-4-5-7-11(10)14;/h4-7H,1-3H3;1H. The van der Waals surface area contributed by atoms with Gasteiger partial charge in [-0.1, -0.05) is 12.1 Å². The third kappa shape index (κ3) is 2.04. The molecule has 0 saturated heterocycles. The van der Waals surface area contributed by atoms with E-state index in [1.165, 1.54) is 6.92 Å². The molecule has 0 atom stereocenters. The molecule has 0 aliphatic heterocycles. The van der Waals surface area contributed by atoms with Gasteiger partial charge in [0.15, 0.2) is 11.0 Å². The first-order valence-corrected chi connectivity index (χ1v) is 4.85. The van der Waals surface area contributed by atoms with Gasteiger partial charge in [-0.2, -0.15) is 5.43 Å². The number of nitrogens with one attached hydrogen (secondary N) is 1. The third-order valence-electron chi connectivity index (χ3n) is 2.56. The highest BCUT2D eigenvalue weighted by molar-refractivity contribution is 5.83. The lowest BCUT2D eigenvalue weighted by Crippen LogP contribution is -3.00. The maximum absolute atomic E-state index is 11.1. The van der Waals surface area contributed by atoms with Crippen LogP contribution in [0.5, 0.6) is 0 Å². The summed E-state index contributed by atoms with van der Waals surface area (Å²) >= 11 is 0. The summed E-state index contributed by atoms with van der Waals surface area (Å²) in [7, 11) is 1.98. The summed E-state index contributed by atoms with van der Waals surface area (Å²) in [6, 6.07) is 7.96. The van der Waals surface area contributed by atoms with E-state index in [0.29, 0.717) is 0 Å². The molecule has 2 aromatic rings. The van der Waals surface area contributed by atoms with Crippen LogP contribution in [0, 0.1) is 6.92 Å². The zero-order chi connectivity index (χ0) is 11.0. The van der Waals surface area contributed by atoms with Crippen LogP contribution in [0.1, 0.15) is 12.7 Å². The minimum Gasteiger partial charge on any atom is -1.00 e. The fraction of sp³-hybridized carbons (Fsp3) is 0.273. The molecule has 4 nitrogen and oxygen atoms in total. The molecule has 0 aliphatic rings. The number of imidazole rings is 1. The summed E-state index contributed by atoms with van der Waals surface area (Å²) in [6.07, 6.45) is 0. The number of benzene rings is 1. The van der Waals surface area contributed by atoms with Crippen LogP contribution >= 0.6 is 0 Å². The van der Waals surface area contributed by atoms with Crippen molar-refractivity contribution in [3.63, 3.8) is 0 Å². The molecule has 0 spiro atoms. The summed E-state index contributed by atoms with van der Waals surface area (Å²) in [4.78, 5) is 11.1. The second kappa shape index (κ2) is 4.82. The Bertz CT molecular complexity index is 533. The predicted molar refractivity (Wildman–Crippen MR) is 57.9 cm³/mol. The Morgan fingerprint density at radius 2 is 2.00 bits per heavy atom. The molecule has 2 rings (SSSR count). The maximum Gasteiger partial charge on any atom is 0.277 e. The van der Waals surface area contributed by atoms with Crippen LogP contribution in [0.4, 0.5) is 0 Å². The van der Waals surface area contributed by atoms with Crippen molar-refractivity contribution >= 4 is 16.9 Å². The number of para-hydroxylation sites is 2. The van der Waals surface area contributed by atoms with Crippen LogP contribution in [0.15, 0.2) is 24.3 Å². The van der Waals surface area contributed by atoms with E-state index in [-0.39, 0.29) is 29.9 Å². The molecular formula is C11H14IN3O. The Hall–Kier alpha value is -1.11. The van der Waals surface area contributed by atoms with Gasteiger partial charge in [-0.15, -0.1) is 4.68 Å². The van der Waals surface area contributed by atoms with Crippen LogP contribution in [0.3, 0.4) is 0 Å². The van der Waals surface area contributed by atoms with Gasteiger partial charge in [0, 0.05) is 13.8 Å². The molecule has 0 fully saturated rings. The first-order valence-electron chi connectivity index (χ1n) is 4.85. The van der Waals surface area contributed by atoms with Gasteiger partial charge in [0.1, 0.15) is 0 Å². The van der Waals surface area contributed by atoms with Gasteiger partial charge in [-0.25, -0.2) is 4.57 Å². The lowest BCUT2D eigenvalue weighted by atomic mass is 10.3. The van der Waals surface area contributed by atoms with Crippen molar-refractivity contribution < 1.29 is 33.3 Å². The molecule has 0 bridgehead atoms. The van der Waals surface area contributed by atoms with E-state index in [4.69, 9.17) is 0 Å². The molecule has 1 aromatic carbocycles. The predicted octanol–water partition coefficient (Wildman–Crippen LogP) is -2.13. The van der Waals surface area contributed by atoms with Crippen molar-refractivity contribution in [2.75, 3.05) is 5.43 Å². The molecule has 16 heavy (non-hydrogen) atoms. The van der Waals surface area contributed by atoms with Crippen LogP contribution in [0.2, 0.25) is 0 Å². The van der Waals surface area contributed by atoms with Crippen LogP contribution in [0.25, 0.3) is 11.0 Å². The highest BCUT2D eigenvalue weighted by atomic mass is 127. The molecule has 0 aliphatic carbocycles. The van der Waals surface area contributed by atoms with Crippen LogP contribution in [-0.4, -0.2) is 10.6 Å². The first-order chi connectivity index (χ1) is 7.11. The number of hydrogen-bond acceptors (Lipinski definition) is 1. The van der Waals surface area contributed by atoms with Crippen molar-refractivity contribution in [3.05, 3.63) is 30.1 Å². The normalized spacial score (nSPS) is 9.94. The Morgan fingerprint density at radius 1 is 1.38 bits per heavy atom. The summed E-state index contributed by atoms with van der Waals surface area (Å²) < 4.78 is 3.85. The van der Waals surface area contributed by atoms with Crippen molar-refractivity contribution in [2.45, 2.75) is 13.8 Å². The second-order valence-electron chi connectivity index (χ2n) is 3.60. The molecule has 1 N–H and O–H groups in total. The molecule has 86 valence electrons. The smallest absolute Gasteiger partial charge is 0.277 e. The van der Waals surface area contributed by atoms with Crippen molar-refractivity contribution in [2.24, 2.45) is 7.05 Å². The largest absolute Gasteiger partial charge is 1.00 e. The number of rotatable bonds is 1. The maximum atomic E-state index is 11.1. The fourth-order valence-corrected chi connectivity index (χ4v) is 1.73. The topological polar surface area (TPSA) is 37.9 Å². The van der Waals surface area contributed by atoms with E-state index in [2.05, 4.69) is 5.43 Å². The number of hydrogen-bond donors (Lipinski definition) is 1. The summed E-state index contributed by atoms with van der Waals surface area (Å²) in [6.45, 7) is 3.48. The monoisotopic (exact) mass is 331 g/mol. The number of nitrogens with zero attached hydrogens (tertiary/aromatic N) is 2. The van der Waals surface area contributed by atoms with Crippen LogP contribution in [-0.2, 0) is 11.8 Å². The minimum absolute atomic E-state index is 0. The van der Waals surface area contributed by atoms with E-state index in [0.717, 1.165) is 16.9 Å². The average Bonchev–Trinajstić information content (AvgIpc) is 2.44. The number of aromatic nitrogens is 2. The van der Waals surface area contributed by atoms with E-state index in [9.17, 15) is 4.79 Å². The fourth-order valence-electron chi connectivity index (χ4n) is 1.73. The Kier molecular flexibility index (Phi) is 3.90. The zero-order valence-corrected chi connectivity index (χ0v) is 11.6. The van der Waals surface area contributed by atoms with Gasteiger partial charge in [-0.05, 0) is 12.1 Å². The molecule has 1 aromatic heterocycles. The number of halogens is 1. The highest BCUT2D eigenvalue weighted by Gasteiger charge is 2.19. The van der Waals surface area contributed by atoms with Gasteiger partial charge < -0.3 is 24.0 Å². The number of carbonyl (C=O) groups is 1. The Balaban J connectivity index is 0.00000128. The molecule has 5 heteroatoms. The zero-order valence-electron chi connectivity index (χ0n) is 9.49. The van der Waals surface area contributed by atoms with Gasteiger partial charge in [0.05, 0.1) is 7.05 Å². The van der Waals surface area contributed by atoms with Crippen molar-refractivity contribution in [1.29, 1.82) is 0 Å². The SMILES string of the molecule is CC(=O)Nn1c(C)[n+](C)c2ccccc21.[I-]. The highest BCUT2D eigenvalue weighted by Crippen LogP contribution is 2.11. The van der Waals surface area contributed by atoms with E-state index in [1.54, 1.807) is 4.68 Å². The second-order valence-corrected chi connectivity index (χ2v) is 3.60. The summed E-state index contributed by atoms with van der Waals surface area (Å²) in [5.74, 6) is 0.922. The van der Waals surface area contributed by atoms with Crippen LogP contribution < -0.4 is 34.0 Å². The van der Waals surface area contributed by atoms with E-state index < -0.39 is 0 Å². The van der Waals surface area contributed by atoms with Crippen molar-refractivity contribution in [1.82, 2.24) is 4.68 Å². The minimum atomic E-state index is -0.0700. The summed E-state index contributed by atoms with van der Waals surface area (Å²) in [5.41, 5.74) is 4.90. The third-order valence-corrected chi connectivity index (χ3v) is 2.56. The average molecular weight is 331 g/mol. The molecule has 0 unspecified atom stereocenters. The van der Waals surface area contributed by atoms with Gasteiger partial charge in [0.2, 0.25) is 0 Å².